The highest BCUT2D eigenvalue weighted by atomic mass is 32.2. The molecule has 1 aromatic heterocycles. The Hall–Kier alpha value is -2.51. The average Bonchev–Trinajstić information content (AvgIpc) is 3.13. The molecule has 0 aliphatic carbocycles. The molecular formula is C19H20N2O3S2. The second-order valence-corrected chi connectivity index (χ2v) is 8.79. The SMILES string of the molecule is CC(C)Oc1ccc(Nc2ccc(NS(=O)(=O)c3cccs3)cc2)cc1. The molecule has 0 saturated heterocycles. The number of anilines is 3. The van der Waals surface area contributed by atoms with Crippen LogP contribution in [0.25, 0.3) is 0 Å². The summed E-state index contributed by atoms with van der Waals surface area (Å²) in [6, 6.07) is 18.1. The first-order valence-electron chi connectivity index (χ1n) is 8.12. The maximum atomic E-state index is 12.2. The first-order valence-corrected chi connectivity index (χ1v) is 10.5. The van der Waals surface area contributed by atoms with Gasteiger partial charge in [0, 0.05) is 17.1 Å². The highest BCUT2D eigenvalue weighted by Gasteiger charge is 2.14. The van der Waals surface area contributed by atoms with Gasteiger partial charge in [0.05, 0.1) is 6.10 Å². The summed E-state index contributed by atoms with van der Waals surface area (Å²) in [4.78, 5) is 0. The van der Waals surface area contributed by atoms with Crippen LogP contribution in [0.15, 0.2) is 70.3 Å². The van der Waals surface area contributed by atoms with Gasteiger partial charge >= 0.3 is 0 Å². The summed E-state index contributed by atoms with van der Waals surface area (Å²) in [5, 5.41) is 5.01. The van der Waals surface area contributed by atoms with Gasteiger partial charge in [-0.1, -0.05) is 6.07 Å². The molecule has 0 radical (unpaired) electrons. The van der Waals surface area contributed by atoms with Crippen molar-refractivity contribution in [1.29, 1.82) is 0 Å². The maximum absolute atomic E-state index is 12.2. The average molecular weight is 389 g/mol. The Kier molecular flexibility index (Phi) is 5.49. The number of thiophene rings is 1. The second-order valence-electron chi connectivity index (χ2n) is 5.93. The van der Waals surface area contributed by atoms with Gasteiger partial charge in [-0.15, -0.1) is 11.3 Å². The molecule has 0 fully saturated rings. The molecule has 136 valence electrons. The van der Waals surface area contributed by atoms with E-state index in [-0.39, 0.29) is 6.10 Å². The lowest BCUT2D eigenvalue weighted by Gasteiger charge is -2.12. The zero-order valence-electron chi connectivity index (χ0n) is 14.5. The first-order chi connectivity index (χ1) is 12.4. The third-order valence-corrected chi connectivity index (χ3v) is 6.19. The highest BCUT2D eigenvalue weighted by molar-refractivity contribution is 7.94. The number of benzene rings is 2. The van der Waals surface area contributed by atoms with Gasteiger partial charge in [0.15, 0.2) is 0 Å². The Morgan fingerprint density at radius 1 is 0.885 bits per heavy atom. The third kappa shape index (κ3) is 4.77. The Bertz CT molecular complexity index is 933. The van der Waals surface area contributed by atoms with Crippen LogP contribution in [-0.2, 0) is 10.0 Å². The molecule has 0 aliphatic rings. The van der Waals surface area contributed by atoms with E-state index < -0.39 is 10.0 Å². The van der Waals surface area contributed by atoms with Crippen LogP contribution in [0.5, 0.6) is 5.75 Å². The van der Waals surface area contributed by atoms with Gasteiger partial charge in [-0.2, -0.15) is 0 Å². The molecule has 0 spiro atoms. The molecule has 1 heterocycles. The van der Waals surface area contributed by atoms with E-state index in [9.17, 15) is 8.42 Å². The zero-order valence-corrected chi connectivity index (χ0v) is 16.1. The summed E-state index contributed by atoms with van der Waals surface area (Å²) in [5.41, 5.74) is 2.30. The lowest BCUT2D eigenvalue weighted by molar-refractivity contribution is 0.242. The van der Waals surface area contributed by atoms with Crippen LogP contribution in [0.1, 0.15) is 13.8 Å². The van der Waals surface area contributed by atoms with Crippen molar-refractivity contribution in [2.75, 3.05) is 10.0 Å². The molecule has 3 aromatic rings. The van der Waals surface area contributed by atoms with E-state index in [2.05, 4.69) is 10.0 Å². The summed E-state index contributed by atoms with van der Waals surface area (Å²) in [6.45, 7) is 3.97. The van der Waals surface area contributed by atoms with Gasteiger partial charge < -0.3 is 10.1 Å². The minimum atomic E-state index is -3.52. The molecule has 0 amide bonds. The Morgan fingerprint density at radius 3 is 2.00 bits per heavy atom. The predicted molar refractivity (Wildman–Crippen MR) is 107 cm³/mol. The summed E-state index contributed by atoms with van der Waals surface area (Å²) in [5.74, 6) is 0.823. The van der Waals surface area contributed by atoms with Gasteiger partial charge in [-0.05, 0) is 73.8 Å². The van der Waals surface area contributed by atoms with Crippen molar-refractivity contribution in [3.05, 3.63) is 66.0 Å². The number of rotatable bonds is 7. The second kappa shape index (κ2) is 7.80. The first kappa shape index (κ1) is 18.3. The number of hydrogen-bond acceptors (Lipinski definition) is 5. The Morgan fingerprint density at radius 2 is 1.46 bits per heavy atom. The van der Waals surface area contributed by atoms with Crippen LogP contribution < -0.4 is 14.8 Å². The molecule has 2 aromatic carbocycles. The monoisotopic (exact) mass is 388 g/mol. The molecule has 7 heteroatoms. The Balaban J connectivity index is 1.64. The molecule has 0 aliphatic heterocycles. The smallest absolute Gasteiger partial charge is 0.271 e. The van der Waals surface area contributed by atoms with Crippen LogP contribution in [0.2, 0.25) is 0 Å². The van der Waals surface area contributed by atoms with E-state index in [1.807, 2.05) is 50.2 Å². The van der Waals surface area contributed by atoms with Gasteiger partial charge in [0.2, 0.25) is 0 Å². The lowest BCUT2D eigenvalue weighted by atomic mass is 10.2. The molecule has 0 atom stereocenters. The molecule has 3 rings (SSSR count). The van der Waals surface area contributed by atoms with Gasteiger partial charge in [0.25, 0.3) is 10.0 Å². The lowest BCUT2D eigenvalue weighted by Crippen LogP contribution is -2.11. The molecule has 0 bridgehead atoms. The normalized spacial score (nSPS) is 11.3. The molecule has 5 nitrogen and oxygen atoms in total. The predicted octanol–water partition coefficient (Wildman–Crippen LogP) is 5.08. The highest BCUT2D eigenvalue weighted by Crippen LogP contribution is 2.24. The van der Waals surface area contributed by atoms with Crippen molar-refractivity contribution in [2.45, 2.75) is 24.2 Å². The molecule has 0 saturated carbocycles. The molecule has 26 heavy (non-hydrogen) atoms. The molecule has 0 unspecified atom stereocenters. The van der Waals surface area contributed by atoms with Crippen molar-refractivity contribution >= 4 is 38.4 Å². The maximum Gasteiger partial charge on any atom is 0.271 e. The quantitative estimate of drug-likeness (QED) is 0.592. The summed E-state index contributed by atoms with van der Waals surface area (Å²) in [6.07, 6.45) is 0.138. The third-order valence-electron chi connectivity index (χ3n) is 3.41. The largest absolute Gasteiger partial charge is 0.491 e. The minimum absolute atomic E-state index is 0.138. The van der Waals surface area contributed by atoms with E-state index in [4.69, 9.17) is 4.74 Å². The van der Waals surface area contributed by atoms with Crippen molar-refractivity contribution in [3.63, 3.8) is 0 Å². The van der Waals surface area contributed by atoms with E-state index >= 15 is 0 Å². The van der Waals surface area contributed by atoms with Crippen molar-refractivity contribution in [2.24, 2.45) is 0 Å². The van der Waals surface area contributed by atoms with Gasteiger partial charge in [-0.3, -0.25) is 4.72 Å². The van der Waals surface area contributed by atoms with Crippen LogP contribution in [0, 0.1) is 0 Å². The Labute approximate surface area is 157 Å². The van der Waals surface area contributed by atoms with Crippen LogP contribution >= 0.6 is 11.3 Å². The van der Waals surface area contributed by atoms with Crippen LogP contribution in [0.3, 0.4) is 0 Å². The zero-order chi connectivity index (χ0) is 18.6. The molecular weight excluding hydrogens is 368 g/mol. The van der Waals surface area contributed by atoms with E-state index in [1.165, 1.54) is 11.3 Å². The number of sulfonamides is 1. The number of hydrogen-bond donors (Lipinski definition) is 2. The van der Waals surface area contributed by atoms with E-state index in [1.54, 1.807) is 29.6 Å². The van der Waals surface area contributed by atoms with Crippen molar-refractivity contribution < 1.29 is 13.2 Å². The van der Waals surface area contributed by atoms with Gasteiger partial charge in [-0.25, -0.2) is 8.42 Å². The van der Waals surface area contributed by atoms with Crippen molar-refractivity contribution in [1.82, 2.24) is 0 Å². The van der Waals surface area contributed by atoms with E-state index in [0.717, 1.165) is 17.1 Å². The fourth-order valence-corrected chi connectivity index (χ4v) is 4.35. The number of nitrogens with one attached hydrogen (secondary N) is 2. The standard InChI is InChI=1S/C19H20N2O3S2/c1-14(2)24-18-11-9-16(10-12-18)20-15-5-7-17(8-6-15)21-26(22,23)19-4-3-13-25-19/h3-14,20-21H,1-2H3. The molecule has 2 N–H and O–H groups in total. The number of ether oxygens (including phenoxy) is 1. The van der Waals surface area contributed by atoms with Gasteiger partial charge in [0.1, 0.15) is 9.96 Å². The summed E-state index contributed by atoms with van der Waals surface area (Å²) >= 11 is 1.19. The summed E-state index contributed by atoms with van der Waals surface area (Å²) in [7, 11) is -3.52. The fraction of sp³-hybridized carbons (Fsp3) is 0.158. The van der Waals surface area contributed by atoms with Crippen LogP contribution in [-0.4, -0.2) is 14.5 Å². The topological polar surface area (TPSA) is 67.4 Å². The fourth-order valence-electron chi connectivity index (χ4n) is 2.30. The van der Waals surface area contributed by atoms with E-state index in [0.29, 0.717) is 9.90 Å². The minimum Gasteiger partial charge on any atom is -0.491 e. The van der Waals surface area contributed by atoms with Crippen LogP contribution in [0.4, 0.5) is 17.1 Å². The van der Waals surface area contributed by atoms with Crippen molar-refractivity contribution in [3.8, 4) is 5.75 Å². The summed E-state index contributed by atoms with van der Waals surface area (Å²) < 4.78 is 32.9.